The van der Waals surface area contributed by atoms with Gasteiger partial charge in [0.2, 0.25) is 0 Å². The van der Waals surface area contributed by atoms with E-state index in [1.165, 1.54) is 5.56 Å². The van der Waals surface area contributed by atoms with Gasteiger partial charge in [0, 0.05) is 10.3 Å². The molecule has 0 aliphatic rings. The molecule has 0 amide bonds. The highest BCUT2D eigenvalue weighted by Crippen LogP contribution is 2.15. The highest BCUT2D eigenvalue weighted by molar-refractivity contribution is 7.11. The van der Waals surface area contributed by atoms with Crippen LogP contribution in [-0.2, 0) is 0 Å². The third kappa shape index (κ3) is 2.63. The third-order valence-electron chi connectivity index (χ3n) is 2.86. The Morgan fingerprint density at radius 1 is 1.16 bits per heavy atom. The molecule has 0 atom stereocenters. The van der Waals surface area contributed by atoms with Gasteiger partial charge in [-0.25, -0.2) is 4.98 Å². The van der Waals surface area contributed by atoms with Gasteiger partial charge in [-0.1, -0.05) is 18.2 Å². The fourth-order valence-corrected chi connectivity index (χ4v) is 2.59. The Balaban J connectivity index is 1.78. The number of thiophene rings is 1. The summed E-state index contributed by atoms with van der Waals surface area (Å²) in [5.74, 6) is 0.754. The molecule has 0 bridgehead atoms. The standard InChI is InChI=1S/C15H13N3S/c1-11-8-9-19-14(11)10-16-18-15-7-6-12-4-2-3-5-13(12)17-15/h2-10H,1H3,(H,17,18). The second-order valence-corrected chi connectivity index (χ2v) is 5.17. The van der Waals surface area contributed by atoms with Crippen molar-refractivity contribution in [3.8, 4) is 0 Å². The number of para-hydroxylation sites is 1. The molecule has 2 aromatic heterocycles. The number of aromatic nitrogens is 1. The summed E-state index contributed by atoms with van der Waals surface area (Å²) in [4.78, 5) is 5.66. The second-order valence-electron chi connectivity index (χ2n) is 4.23. The van der Waals surface area contributed by atoms with Crippen molar-refractivity contribution in [2.45, 2.75) is 6.92 Å². The number of pyridine rings is 1. The molecule has 3 aromatic rings. The van der Waals surface area contributed by atoms with Crippen LogP contribution in [0.1, 0.15) is 10.4 Å². The second kappa shape index (κ2) is 5.20. The molecule has 2 heterocycles. The van der Waals surface area contributed by atoms with E-state index in [0.717, 1.165) is 21.6 Å². The molecule has 94 valence electrons. The summed E-state index contributed by atoms with van der Waals surface area (Å²) >= 11 is 1.68. The van der Waals surface area contributed by atoms with Crippen LogP contribution in [0.3, 0.4) is 0 Å². The molecule has 19 heavy (non-hydrogen) atoms. The molecule has 0 unspecified atom stereocenters. The SMILES string of the molecule is Cc1ccsc1C=NNc1ccc2ccccc2n1. The topological polar surface area (TPSA) is 37.3 Å². The Morgan fingerprint density at radius 3 is 2.89 bits per heavy atom. The maximum atomic E-state index is 4.50. The van der Waals surface area contributed by atoms with Gasteiger partial charge in [-0.3, -0.25) is 5.43 Å². The van der Waals surface area contributed by atoms with Gasteiger partial charge < -0.3 is 0 Å². The Kier molecular flexibility index (Phi) is 3.25. The smallest absolute Gasteiger partial charge is 0.146 e. The summed E-state index contributed by atoms with van der Waals surface area (Å²) in [6, 6.07) is 14.1. The van der Waals surface area contributed by atoms with E-state index in [2.05, 4.69) is 33.9 Å². The van der Waals surface area contributed by atoms with Crippen LogP contribution < -0.4 is 5.43 Å². The minimum atomic E-state index is 0.754. The minimum Gasteiger partial charge on any atom is -0.261 e. The zero-order valence-electron chi connectivity index (χ0n) is 10.5. The van der Waals surface area contributed by atoms with Crippen LogP contribution in [0.25, 0.3) is 10.9 Å². The molecule has 0 aliphatic heterocycles. The maximum Gasteiger partial charge on any atom is 0.146 e. The molecule has 0 saturated carbocycles. The normalized spacial score (nSPS) is 11.2. The zero-order valence-corrected chi connectivity index (χ0v) is 11.3. The summed E-state index contributed by atoms with van der Waals surface area (Å²) in [5.41, 5.74) is 5.17. The molecule has 4 heteroatoms. The average Bonchev–Trinajstić information content (AvgIpc) is 2.84. The lowest BCUT2D eigenvalue weighted by Crippen LogP contribution is -1.93. The van der Waals surface area contributed by atoms with E-state index in [0.29, 0.717) is 0 Å². The summed E-state index contributed by atoms with van der Waals surface area (Å²) in [5, 5.41) is 7.42. The summed E-state index contributed by atoms with van der Waals surface area (Å²) in [6.07, 6.45) is 1.83. The highest BCUT2D eigenvalue weighted by atomic mass is 32.1. The van der Waals surface area contributed by atoms with E-state index >= 15 is 0 Å². The van der Waals surface area contributed by atoms with Crippen LogP contribution in [0.2, 0.25) is 0 Å². The number of hydrogen-bond acceptors (Lipinski definition) is 4. The van der Waals surface area contributed by atoms with Gasteiger partial charge in [0.1, 0.15) is 5.82 Å². The van der Waals surface area contributed by atoms with Crippen molar-refractivity contribution in [2.24, 2.45) is 5.10 Å². The molecule has 1 aromatic carbocycles. The molecule has 3 rings (SSSR count). The predicted molar refractivity (Wildman–Crippen MR) is 82.0 cm³/mol. The quantitative estimate of drug-likeness (QED) is 0.574. The number of fused-ring (bicyclic) bond motifs is 1. The zero-order chi connectivity index (χ0) is 13.1. The van der Waals surface area contributed by atoms with E-state index in [-0.39, 0.29) is 0 Å². The number of nitrogens with one attached hydrogen (secondary N) is 1. The predicted octanol–water partition coefficient (Wildman–Crippen LogP) is 4.05. The third-order valence-corrected chi connectivity index (χ3v) is 3.81. The fourth-order valence-electron chi connectivity index (χ4n) is 1.80. The number of nitrogens with zero attached hydrogens (tertiary/aromatic N) is 2. The molecule has 0 radical (unpaired) electrons. The number of anilines is 1. The fraction of sp³-hybridized carbons (Fsp3) is 0.0667. The van der Waals surface area contributed by atoms with Crippen LogP contribution in [0.4, 0.5) is 5.82 Å². The van der Waals surface area contributed by atoms with E-state index in [9.17, 15) is 0 Å². The molecule has 0 spiro atoms. The summed E-state index contributed by atoms with van der Waals surface area (Å²) < 4.78 is 0. The Morgan fingerprint density at radius 2 is 2.05 bits per heavy atom. The molecule has 0 aliphatic carbocycles. The van der Waals surface area contributed by atoms with E-state index in [1.54, 1.807) is 11.3 Å². The van der Waals surface area contributed by atoms with E-state index in [1.807, 2.05) is 42.6 Å². The van der Waals surface area contributed by atoms with Crippen LogP contribution in [0.15, 0.2) is 52.9 Å². The van der Waals surface area contributed by atoms with Gasteiger partial charge in [0.25, 0.3) is 0 Å². The van der Waals surface area contributed by atoms with Crippen LogP contribution >= 0.6 is 11.3 Å². The summed E-state index contributed by atoms with van der Waals surface area (Å²) in [7, 11) is 0. The van der Waals surface area contributed by atoms with Gasteiger partial charge in [0.05, 0.1) is 11.7 Å². The number of rotatable bonds is 3. The lowest BCUT2D eigenvalue weighted by Gasteiger charge is -2.01. The average molecular weight is 267 g/mol. The Bertz CT molecular complexity index is 731. The van der Waals surface area contributed by atoms with Gasteiger partial charge in [-0.15, -0.1) is 11.3 Å². The molecule has 0 fully saturated rings. The van der Waals surface area contributed by atoms with Crippen LogP contribution in [0, 0.1) is 6.92 Å². The van der Waals surface area contributed by atoms with E-state index < -0.39 is 0 Å². The number of aryl methyl sites for hydroxylation is 1. The first-order valence-electron chi connectivity index (χ1n) is 6.02. The van der Waals surface area contributed by atoms with Crippen molar-refractivity contribution in [3.63, 3.8) is 0 Å². The van der Waals surface area contributed by atoms with Crippen LogP contribution in [0.5, 0.6) is 0 Å². The van der Waals surface area contributed by atoms with Crippen molar-refractivity contribution in [3.05, 3.63) is 58.3 Å². The van der Waals surface area contributed by atoms with Crippen molar-refractivity contribution in [2.75, 3.05) is 5.43 Å². The Labute approximate surface area is 115 Å². The first kappa shape index (κ1) is 11.9. The van der Waals surface area contributed by atoms with Crippen molar-refractivity contribution >= 4 is 34.3 Å². The summed E-state index contributed by atoms with van der Waals surface area (Å²) in [6.45, 7) is 2.08. The highest BCUT2D eigenvalue weighted by Gasteiger charge is 1.97. The van der Waals surface area contributed by atoms with Crippen molar-refractivity contribution in [1.29, 1.82) is 0 Å². The van der Waals surface area contributed by atoms with Gasteiger partial charge in [0.15, 0.2) is 0 Å². The number of hydrogen-bond donors (Lipinski definition) is 1. The van der Waals surface area contributed by atoms with Gasteiger partial charge in [-0.05, 0) is 42.1 Å². The number of hydrazone groups is 1. The maximum absolute atomic E-state index is 4.50. The first-order chi connectivity index (χ1) is 9.33. The largest absolute Gasteiger partial charge is 0.261 e. The van der Waals surface area contributed by atoms with Crippen LogP contribution in [-0.4, -0.2) is 11.2 Å². The molecular weight excluding hydrogens is 254 g/mol. The number of benzene rings is 1. The molecule has 1 N–H and O–H groups in total. The van der Waals surface area contributed by atoms with Gasteiger partial charge >= 0.3 is 0 Å². The lowest BCUT2D eigenvalue weighted by atomic mass is 10.2. The van der Waals surface area contributed by atoms with E-state index in [4.69, 9.17) is 0 Å². The minimum absolute atomic E-state index is 0.754. The van der Waals surface area contributed by atoms with Crippen molar-refractivity contribution in [1.82, 2.24) is 4.98 Å². The van der Waals surface area contributed by atoms with Crippen molar-refractivity contribution < 1.29 is 0 Å². The lowest BCUT2D eigenvalue weighted by molar-refractivity contribution is 1.26. The molecule has 0 saturated heterocycles. The Hall–Kier alpha value is -2.20. The first-order valence-corrected chi connectivity index (χ1v) is 6.90. The molecule has 3 nitrogen and oxygen atoms in total. The van der Waals surface area contributed by atoms with Gasteiger partial charge in [-0.2, -0.15) is 5.10 Å². The monoisotopic (exact) mass is 267 g/mol. The molecular formula is C15H13N3S.